The van der Waals surface area contributed by atoms with Crippen LogP contribution in [-0.4, -0.2) is 4.57 Å². The quantitative estimate of drug-likeness (QED) is 0.868. The van der Waals surface area contributed by atoms with Gasteiger partial charge >= 0.3 is 0 Å². The molecule has 0 fully saturated rings. The molecule has 0 aliphatic heterocycles. The van der Waals surface area contributed by atoms with E-state index in [9.17, 15) is 8.78 Å². The largest absolute Gasteiger partial charge is 0.346 e. The van der Waals surface area contributed by atoms with E-state index in [0.717, 1.165) is 5.69 Å². The molecule has 2 N–H and O–H groups in total. The first kappa shape index (κ1) is 12.3. The molecule has 0 radical (unpaired) electrons. The molecule has 90 valence electrons. The van der Waals surface area contributed by atoms with Crippen LogP contribution in [0.4, 0.5) is 8.78 Å². The fourth-order valence-corrected chi connectivity index (χ4v) is 2.04. The monoisotopic (exact) mass is 300 g/mol. The van der Waals surface area contributed by atoms with E-state index < -0.39 is 11.6 Å². The van der Waals surface area contributed by atoms with Crippen molar-refractivity contribution in [3.63, 3.8) is 0 Å². The van der Waals surface area contributed by atoms with E-state index in [1.807, 2.05) is 6.07 Å². The van der Waals surface area contributed by atoms with Gasteiger partial charge in [-0.3, -0.25) is 0 Å². The topological polar surface area (TPSA) is 30.9 Å². The lowest BCUT2D eigenvalue weighted by molar-refractivity contribution is 0.538. The first-order valence-electron chi connectivity index (χ1n) is 5.10. The Morgan fingerprint density at radius 2 is 2.00 bits per heavy atom. The van der Waals surface area contributed by atoms with Gasteiger partial charge in [-0.25, -0.2) is 8.78 Å². The fourth-order valence-electron chi connectivity index (χ4n) is 1.67. The predicted molar refractivity (Wildman–Crippen MR) is 65.5 cm³/mol. The van der Waals surface area contributed by atoms with Crippen LogP contribution >= 0.6 is 15.9 Å². The van der Waals surface area contributed by atoms with Crippen molar-refractivity contribution in [3.8, 4) is 0 Å². The van der Waals surface area contributed by atoms with Crippen LogP contribution in [0.3, 0.4) is 0 Å². The summed E-state index contributed by atoms with van der Waals surface area (Å²) in [6, 6.07) is 6.23. The summed E-state index contributed by atoms with van der Waals surface area (Å²) in [6.07, 6.45) is 1.75. The van der Waals surface area contributed by atoms with Crippen LogP contribution < -0.4 is 5.73 Å². The van der Waals surface area contributed by atoms with E-state index in [2.05, 4.69) is 15.9 Å². The Labute approximate surface area is 106 Å². The minimum Gasteiger partial charge on any atom is -0.346 e. The highest BCUT2D eigenvalue weighted by Crippen LogP contribution is 2.22. The van der Waals surface area contributed by atoms with Crippen molar-refractivity contribution >= 4 is 15.9 Å². The van der Waals surface area contributed by atoms with Crippen LogP contribution in [0.15, 0.2) is 34.9 Å². The molecule has 0 unspecified atom stereocenters. The highest BCUT2D eigenvalue weighted by molar-refractivity contribution is 9.10. The molecule has 5 heteroatoms. The smallest absolute Gasteiger partial charge is 0.145 e. The average Bonchev–Trinajstić information content (AvgIpc) is 2.77. The summed E-state index contributed by atoms with van der Waals surface area (Å²) in [6.45, 7) is 0.473. The lowest BCUT2D eigenvalue weighted by Gasteiger charge is -2.10. The Kier molecular flexibility index (Phi) is 3.59. The highest BCUT2D eigenvalue weighted by Gasteiger charge is 2.13. The lowest BCUT2D eigenvalue weighted by atomic mass is 10.2. The molecular formula is C12H11BrF2N2. The molecule has 17 heavy (non-hydrogen) atoms. The molecule has 2 aromatic rings. The Morgan fingerprint density at radius 1 is 1.24 bits per heavy atom. The third-order valence-electron chi connectivity index (χ3n) is 2.60. The number of nitrogens with zero attached hydrogens (tertiary/aromatic N) is 1. The van der Waals surface area contributed by atoms with Crippen LogP contribution in [0, 0.1) is 11.6 Å². The summed E-state index contributed by atoms with van der Waals surface area (Å²) < 4.78 is 29.3. The maximum Gasteiger partial charge on any atom is 0.145 e. The molecule has 0 spiro atoms. The van der Waals surface area contributed by atoms with Crippen molar-refractivity contribution in [2.45, 2.75) is 13.1 Å². The standard InChI is InChI=1S/C12H11BrF2N2/c13-10-3-4-11(14)9(12(10)15)7-17-5-1-2-8(17)6-16/h1-5H,6-7,16H2. The third kappa shape index (κ3) is 2.40. The zero-order valence-corrected chi connectivity index (χ0v) is 10.5. The first-order chi connectivity index (χ1) is 8.13. The van der Waals surface area contributed by atoms with Gasteiger partial charge in [0.1, 0.15) is 11.6 Å². The molecule has 2 rings (SSSR count). The van der Waals surface area contributed by atoms with Crippen LogP contribution in [0.1, 0.15) is 11.3 Å². The second kappa shape index (κ2) is 4.98. The number of halogens is 3. The van der Waals surface area contributed by atoms with Gasteiger partial charge in [-0.15, -0.1) is 0 Å². The van der Waals surface area contributed by atoms with Gasteiger partial charge in [-0.05, 0) is 40.2 Å². The van der Waals surface area contributed by atoms with Crippen molar-refractivity contribution < 1.29 is 8.78 Å². The van der Waals surface area contributed by atoms with Crippen molar-refractivity contribution in [2.24, 2.45) is 5.73 Å². The molecule has 0 amide bonds. The SMILES string of the molecule is NCc1cccn1Cc1c(F)ccc(Br)c1F. The molecule has 1 aromatic carbocycles. The molecule has 2 nitrogen and oxygen atoms in total. The molecule has 0 aliphatic rings. The molecule has 0 saturated heterocycles. The lowest BCUT2D eigenvalue weighted by Crippen LogP contribution is -2.10. The van der Waals surface area contributed by atoms with Crippen LogP contribution in [0.2, 0.25) is 0 Å². The van der Waals surface area contributed by atoms with Gasteiger partial charge in [-0.2, -0.15) is 0 Å². The van der Waals surface area contributed by atoms with Gasteiger partial charge in [0.15, 0.2) is 0 Å². The van der Waals surface area contributed by atoms with E-state index in [1.165, 1.54) is 12.1 Å². The Morgan fingerprint density at radius 3 is 2.71 bits per heavy atom. The van der Waals surface area contributed by atoms with Crippen LogP contribution in [0.5, 0.6) is 0 Å². The molecule has 0 aliphatic carbocycles. The zero-order valence-electron chi connectivity index (χ0n) is 8.96. The Hall–Kier alpha value is -1.20. The van der Waals surface area contributed by atoms with E-state index in [4.69, 9.17) is 5.73 Å². The van der Waals surface area contributed by atoms with Gasteiger partial charge in [0.25, 0.3) is 0 Å². The van der Waals surface area contributed by atoms with Gasteiger partial charge in [0, 0.05) is 24.0 Å². The highest BCUT2D eigenvalue weighted by atomic mass is 79.9. The summed E-state index contributed by atoms with van der Waals surface area (Å²) in [5.41, 5.74) is 6.41. The third-order valence-corrected chi connectivity index (χ3v) is 3.21. The summed E-state index contributed by atoms with van der Waals surface area (Å²) in [5.74, 6) is -1.12. The number of rotatable bonds is 3. The van der Waals surface area contributed by atoms with Crippen molar-refractivity contribution in [2.75, 3.05) is 0 Å². The van der Waals surface area contributed by atoms with Crippen LogP contribution in [0.25, 0.3) is 0 Å². The molecule has 1 heterocycles. The van der Waals surface area contributed by atoms with E-state index in [0.29, 0.717) is 6.54 Å². The number of benzene rings is 1. The van der Waals surface area contributed by atoms with Gasteiger partial charge in [-0.1, -0.05) is 0 Å². The van der Waals surface area contributed by atoms with E-state index >= 15 is 0 Å². The van der Waals surface area contributed by atoms with Crippen LogP contribution in [-0.2, 0) is 13.1 Å². The predicted octanol–water partition coefficient (Wildman–Crippen LogP) is 3.04. The normalized spacial score (nSPS) is 10.8. The second-order valence-electron chi connectivity index (χ2n) is 3.65. The molecule has 1 aromatic heterocycles. The minimum atomic E-state index is -0.568. The second-order valence-corrected chi connectivity index (χ2v) is 4.51. The van der Waals surface area contributed by atoms with Crippen molar-refractivity contribution in [1.29, 1.82) is 0 Å². The van der Waals surface area contributed by atoms with E-state index in [-0.39, 0.29) is 16.6 Å². The Bertz CT molecular complexity index is 537. The molecule has 0 bridgehead atoms. The number of hydrogen-bond acceptors (Lipinski definition) is 1. The van der Waals surface area contributed by atoms with Crippen molar-refractivity contribution in [1.82, 2.24) is 4.57 Å². The summed E-state index contributed by atoms with van der Waals surface area (Å²) in [4.78, 5) is 0. The molecule has 0 atom stereocenters. The first-order valence-corrected chi connectivity index (χ1v) is 5.89. The number of hydrogen-bond donors (Lipinski definition) is 1. The van der Waals surface area contributed by atoms with Gasteiger partial charge in [0.2, 0.25) is 0 Å². The summed E-state index contributed by atoms with van der Waals surface area (Å²) >= 11 is 3.04. The van der Waals surface area contributed by atoms with Gasteiger partial charge < -0.3 is 10.3 Å². The number of nitrogens with two attached hydrogens (primary N) is 1. The number of aromatic nitrogens is 1. The summed E-state index contributed by atoms with van der Waals surface area (Å²) in [5, 5.41) is 0. The molecule has 0 saturated carbocycles. The maximum absolute atomic E-state index is 13.8. The molecular weight excluding hydrogens is 290 g/mol. The van der Waals surface area contributed by atoms with Crippen molar-refractivity contribution in [3.05, 3.63) is 57.8 Å². The maximum atomic E-state index is 13.8. The van der Waals surface area contributed by atoms with Gasteiger partial charge in [0.05, 0.1) is 11.0 Å². The fraction of sp³-hybridized carbons (Fsp3) is 0.167. The van der Waals surface area contributed by atoms with E-state index in [1.54, 1.807) is 16.8 Å². The average molecular weight is 301 g/mol. The summed E-state index contributed by atoms with van der Waals surface area (Å²) in [7, 11) is 0. The Balaban J connectivity index is 2.39. The minimum absolute atomic E-state index is 0.0327. The zero-order chi connectivity index (χ0) is 12.4.